The molecule has 1 amide bonds. The lowest BCUT2D eigenvalue weighted by molar-refractivity contribution is -0.118. The molecule has 156 valence electrons. The van der Waals surface area contributed by atoms with Gasteiger partial charge in [0.05, 0.1) is 5.69 Å². The number of nitrogens with zero attached hydrogens (tertiary/aromatic N) is 1. The van der Waals surface area contributed by atoms with Gasteiger partial charge in [-0.25, -0.2) is 0 Å². The molecule has 7 heteroatoms. The number of carbonyl (C=O) groups is 2. The van der Waals surface area contributed by atoms with Crippen molar-refractivity contribution < 1.29 is 14.3 Å². The fraction of sp³-hybridized carbons (Fsp3) is 0.364. The maximum absolute atomic E-state index is 12.4. The number of ether oxygens (including phenoxy) is 1. The monoisotopic (exact) mass is 436 g/mol. The number of rotatable bonds is 9. The van der Waals surface area contributed by atoms with E-state index in [2.05, 4.69) is 23.3 Å². The molecule has 0 fully saturated rings. The van der Waals surface area contributed by atoms with Crippen molar-refractivity contribution in [1.82, 2.24) is 4.90 Å². The Morgan fingerprint density at radius 2 is 2.00 bits per heavy atom. The standard InChI is InChI=1S/C22H25ClN2O3.ClH/c1-25(12-10-16-5-4-6-18(23)13-16)11-3-2-7-20(26)17-8-9-21-19(14-17)24-22(27)15-28-21;/h4-6,8-9,13-14H,2-3,7,10-12,15H2,1H3,(H,24,27);1H. The summed E-state index contributed by atoms with van der Waals surface area (Å²) in [6.45, 7) is 1.92. The molecule has 0 spiro atoms. The molecular formula is C22H26Cl2N2O3. The van der Waals surface area contributed by atoms with Gasteiger partial charge >= 0.3 is 0 Å². The number of carbonyl (C=O) groups excluding carboxylic acids is 2. The Kier molecular flexibility index (Phi) is 8.96. The number of hydrogen-bond donors (Lipinski definition) is 1. The Hall–Kier alpha value is -2.08. The lowest BCUT2D eigenvalue weighted by Crippen LogP contribution is -2.25. The molecule has 0 aromatic heterocycles. The van der Waals surface area contributed by atoms with E-state index in [0.29, 0.717) is 23.4 Å². The van der Waals surface area contributed by atoms with Crippen molar-refractivity contribution in [2.75, 3.05) is 32.1 Å². The number of unbranched alkanes of at least 4 members (excludes halogenated alkanes) is 1. The van der Waals surface area contributed by atoms with Crippen molar-refractivity contribution in [3.8, 4) is 5.75 Å². The van der Waals surface area contributed by atoms with E-state index in [0.717, 1.165) is 37.4 Å². The smallest absolute Gasteiger partial charge is 0.262 e. The summed E-state index contributed by atoms with van der Waals surface area (Å²) in [6.07, 6.45) is 3.25. The lowest BCUT2D eigenvalue weighted by Gasteiger charge is -2.18. The number of halogens is 2. The molecular weight excluding hydrogens is 411 g/mol. The third kappa shape index (κ3) is 7.03. The number of benzene rings is 2. The van der Waals surface area contributed by atoms with Crippen LogP contribution in [0.15, 0.2) is 42.5 Å². The van der Waals surface area contributed by atoms with Gasteiger partial charge in [-0.05, 0) is 68.8 Å². The average Bonchev–Trinajstić information content (AvgIpc) is 2.69. The van der Waals surface area contributed by atoms with Crippen molar-refractivity contribution in [2.45, 2.75) is 25.7 Å². The molecule has 29 heavy (non-hydrogen) atoms. The van der Waals surface area contributed by atoms with Gasteiger partial charge in [0, 0.05) is 23.6 Å². The second-order valence-electron chi connectivity index (χ2n) is 7.11. The van der Waals surface area contributed by atoms with Crippen LogP contribution in [0.2, 0.25) is 5.02 Å². The molecule has 0 saturated carbocycles. The minimum Gasteiger partial charge on any atom is -0.482 e. The Morgan fingerprint density at radius 3 is 2.79 bits per heavy atom. The average molecular weight is 437 g/mol. The zero-order valence-electron chi connectivity index (χ0n) is 16.4. The molecule has 0 saturated heterocycles. The normalized spacial score (nSPS) is 12.6. The van der Waals surface area contributed by atoms with E-state index in [1.165, 1.54) is 5.56 Å². The Bertz CT molecular complexity index is 858. The maximum atomic E-state index is 12.4. The number of nitrogens with one attached hydrogen (secondary N) is 1. The van der Waals surface area contributed by atoms with E-state index in [1.54, 1.807) is 18.2 Å². The van der Waals surface area contributed by atoms with Gasteiger partial charge in [0.25, 0.3) is 5.91 Å². The minimum atomic E-state index is -0.196. The molecule has 3 rings (SSSR count). The van der Waals surface area contributed by atoms with Crippen LogP contribution in [0.4, 0.5) is 5.69 Å². The first-order chi connectivity index (χ1) is 13.5. The maximum Gasteiger partial charge on any atom is 0.262 e. The van der Waals surface area contributed by atoms with Crippen molar-refractivity contribution in [2.24, 2.45) is 0 Å². The van der Waals surface area contributed by atoms with Crippen LogP contribution in [0.3, 0.4) is 0 Å². The first-order valence-corrected chi connectivity index (χ1v) is 9.92. The Morgan fingerprint density at radius 1 is 1.17 bits per heavy atom. The molecule has 1 aliphatic rings. The SMILES string of the molecule is CN(CCCCC(=O)c1ccc2c(c1)NC(=O)CO2)CCc1cccc(Cl)c1.Cl. The van der Waals surface area contributed by atoms with E-state index in [4.69, 9.17) is 16.3 Å². The van der Waals surface area contributed by atoms with Gasteiger partial charge in [-0.2, -0.15) is 0 Å². The molecule has 1 N–H and O–H groups in total. The topological polar surface area (TPSA) is 58.6 Å². The zero-order valence-corrected chi connectivity index (χ0v) is 18.0. The number of ketones is 1. The highest BCUT2D eigenvalue weighted by atomic mass is 35.5. The van der Waals surface area contributed by atoms with Gasteiger partial charge in [0.2, 0.25) is 0 Å². The molecule has 5 nitrogen and oxygen atoms in total. The molecule has 0 radical (unpaired) electrons. The summed E-state index contributed by atoms with van der Waals surface area (Å²) < 4.78 is 5.32. The summed E-state index contributed by atoms with van der Waals surface area (Å²) in [4.78, 5) is 26.1. The van der Waals surface area contributed by atoms with Crippen LogP contribution in [0.25, 0.3) is 0 Å². The molecule has 1 aliphatic heterocycles. The predicted octanol–water partition coefficient (Wildman–Crippen LogP) is 4.62. The summed E-state index contributed by atoms with van der Waals surface area (Å²) >= 11 is 6.02. The summed E-state index contributed by atoms with van der Waals surface area (Å²) in [5, 5.41) is 3.51. The number of likely N-dealkylation sites (N-methyl/N-ethyl adjacent to an activating group) is 1. The van der Waals surface area contributed by atoms with Crippen LogP contribution < -0.4 is 10.1 Å². The van der Waals surface area contributed by atoms with Crippen LogP contribution in [0.5, 0.6) is 5.75 Å². The number of anilines is 1. The molecule has 2 aromatic carbocycles. The third-order valence-electron chi connectivity index (χ3n) is 4.80. The fourth-order valence-electron chi connectivity index (χ4n) is 3.19. The summed E-state index contributed by atoms with van der Waals surface area (Å²) in [7, 11) is 2.10. The largest absolute Gasteiger partial charge is 0.482 e. The second-order valence-corrected chi connectivity index (χ2v) is 7.55. The van der Waals surface area contributed by atoms with Crippen LogP contribution in [-0.4, -0.2) is 43.3 Å². The molecule has 0 atom stereocenters. The number of amides is 1. The lowest BCUT2D eigenvalue weighted by atomic mass is 10.0. The van der Waals surface area contributed by atoms with Gasteiger partial charge in [-0.1, -0.05) is 23.7 Å². The number of Topliss-reactive ketones (excluding diaryl/α,β-unsaturated/α-hetero) is 1. The van der Waals surface area contributed by atoms with Crippen molar-refractivity contribution in [3.63, 3.8) is 0 Å². The van der Waals surface area contributed by atoms with Gasteiger partial charge < -0.3 is 15.0 Å². The predicted molar refractivity (Wildman–Crippen MR) is 119 cm³/mol. The van der Waals surface area contributed by atoms with E-state index >= 15 is 0 Å². The van der Waals surface area contributed by atoms with Crippen LogP contribution >= 0.6 is 24.0 Å². The Balaban J connectivity index is 0.00000300. The number of hydrogen-bond acceptors (Lipinski definition) is 4. The van der Waals surface area contributed by atoms with Gasteiger partial charge in [0.1, 0.15) is 5.75 Å². The molecule has 0 bridgehead atoms. The molecule has 1 heterocycles. The molecule has 2 aromatic rings. The summed E-state index contributed by atoms with van der Waals surface area (Å²) in [6, 6.07) is 13.1. The first-order valence-electron chi connectivity index (χ1n) is 9.54. The van der Waals surface area contributed by atoms with Crippen LogP contribution in [0, 0.1) is 0 Å². The number of fused-ring (bicyclic) bond motifs is 1. The molecule has 0 aliphatic carbocycles. The van der Waals surface area contributed by atoms with Crippen molar-refractivity contribution in [1.29, 1.82) is 0 Å². The summed E-state index contributed by atoms with van der Waals surface area (Å²) in [5.41, 5.74) is 2.42. The third-order valence-corrected chi connectivity index (χ3v) is 5.03. The van der Waals surface area contributed by atoms with E-state index in [-0.39, 0.29) is 30.7 Å². The highest BCUT2D eigenvalue weighted by Gasteiger charge is 2.17. The molecule has 0 unspecified atom stereocenters. The summed E-state index contributed by atoms with van der Waals surface area (Å²) in [5.74, 6) is 0.500. The van der Waals surface area contributed by atoms with Crippen molar-refractivity contribution >= 4 is 41.4 Å². The zero-order chi connectivity index (χ0) is 19.9. The Labute approximate surface area is 182 Å². The van der Waals surface area contributed by atoms with Gasteiger partial charge in [-0.15, -0.1) is 12.4 Å². The van der Waals surface area contributed by atoms with E-state index < -0.39 is 0 Å². The van der Waals surface area contributed by atoms with Crippen LogP contribution in [-0.2, 0) is 11.2 Å². The van der Waals surface area contributed by atoms with E-state index in [9.17, 15) is 9.59 Å². The second kappa shape index (κ2) is 11.2. The first kappa shape index (κ1) is 23.2. The highest BCUT2D eigenvalue weighted by molar-refractivity contribution is 6.30. The van der Waals surface area contributed by atoms with E-state index in [1.807, 2.05) is 18.2 Å². The van der Waals surface area contributed by atoms with Crippen LogP contribution in [0.1, 0.15) is 35.2 Å². The van der Waals surface area contributed by atoms with Gasteiger partial charge in [-0.3, -0.25) is 9.59 Å². The van der Waals surface area contributed by atoms with Gasteiger partial charge in [0.15, 0.2) is 12.4 Å². The quantitative estimate of drug-likeness (QED) is 0.460. The minimum absolute atomic E-state index is 0. The highest BCUT2D eigenvalue weighted by Crippen LogP contribution is 2.29. The van der Waals surface area contributed by atoms with Crippen molar-refractivity contribution in [3.05, 3.63) is 58.6 Å². The fourth-order valence-corrected chi connectivity index (χ4v) is 3.41.